The Morgan fingerprint density at radius 3 is 2.81 bits per heavy atom. The molecular weight excluding hydrogens is 505 g/mol. The summed E-state index contributed by atoms with van der Waals surface area (Å²) in [5, 5.41) is 11.2. The number of likely N-dealkylation sites (N-methyl/N-ethyl adjacent to an activating group) is 1. The molecule has 6 rings (SSSR count). The molecule has 2 saturated carbocycles. The summed E-state index contributed by atoms with van der Waals surface area (Å²) < 4.78 is 20.7. The summed E-state index contributed by atoms with van der Waals surface area (Å²) in [5.74, 6) is 5.21. The lowest BCUT2D eigenvalue weighted by Gasteiger charge is -2.17. The van der Waals surface area contributed by atoms with Crippen LogP contribution < -0.4 is 15.0 Å². The molecule has 3 aromatic rings. The molecule has 1 aliphatic heterocycles. The van der Waals surface area contributed by atoms with E-state index in [1.54, 1.807) is 24.1 Å². The molecule has 2 aromatic heterocycles. The van der Waals surface area contributed by atoms with Gasteiger partial charge < -0.3 is 9.64 Å². The number of aromatic nitrogens is 3. The van der Waals surface area contributed by atoms with E-state index in [2.05, 4.69) is 32.3 Å². The second-order valence-electron chi connectivity index (χ2n) is 9.08. The summed E-state index contributed by atoms with van der Waals surface area (Å²) in [4.78, 5) is 31.9. The number of pyridine rings is 1. The van der Waals surface area contributed by atoms with Gasteiger partial charge in [0.05, 0.1) is 24.3 Å². The van der Waals surface area contributed by atoms with E-state index < -0.39 is 17.1 Å². The largest absolute Gasteiger partial charge is 0.494 e. The summed E-state index contributed by atoms with van der Waals surface area (Å²) >= 11 is 7.17. The summed E-state index contributed by atoms with van der Waals surface area (Å²) in [5.41, 5.74) is 1.10. The number of nitrogens with zero attached hydrogens (tertiary/aromatic N) is 4. The number of amides is 2. The Bertz CT molecular complexity index is 1520. The minimum absolute atomic E-state index is 0.00324. The smallest absolute Gasteiger partial charge is 0.258 e. The maximum absolute atomic E-state index is 15.4. The van der Waals surface area contributed by atoms with E-state index in [0.29, 0.717) is 29.5 Å². The fraction of sp³-hybridized carbons (Fsp3) is 0.320. The zero-order valence-corrected chi connectivity index (χ0v) is 20.9. The van der Waals surface area contributed by atoms with Crippen LogP contribution in [0.3, 0.4) is 0 Å². The van der Waals surface area contributed by atoms with Gasteiger partial charge in [0.25, 0.3) is 5.91 Å². The third kappa shape index (κ3) is 3.62. The van der Waals surface area contributed by atoms with Crippen LogP contribution in [0.2, 0.25) is 5.15 Å². The molecule has 8 nitrogen and oxygen atoms in total. The van der Waals surface area contributed by atoms with Gasteiger partial charge in [-0.05, 0) is 49.3 Å². The van der Waals surface area contributed by atoms with Crippen LogP contribution in [-0.4, -0.2) is 41.2 Å². The first kappa shape index (κ1) is 22.9. The molecule has 1 spiro atoms. The number of nitrogens with one attached hydrogen (secondary N) is 1. The Morgan fingerprint density at radius 1 is 1.33 bits per heavy atom. The molecule has 0 atom stereocenters. The lowest BCUT2D eigenvalue weighted by molar-refractivity contribution is -0.119. The van der Waals surface area contributed by atoms with Gasteiger partial charge in [0.1, 0.15) is 5.75 Å². The number of carbonyl (C=O) groups excluding carboxylic acids is 2. The predicted octanol–water partition coefficient (Wildman–Crippen LogP) is 4.42. The quantitative estimate of drug-likeness (QED) is 0.401. The summed E-state index contributed by atoms with van der Waals surface area (Å²) in [7, 11) is 3.06. The van der Waals surface area contributed by atoms with Gasteiger partial charge in [-0.2, -0.15) is 0 Å². The number of ether oxygens (including phenoxy) is 1. The molecule has 2 fully saturated rings. The Hall–Kier alpha value is -3.55. The van der Waals surface area contributed by atoms with Gasteiger partial charge in [-0.1, -0.05) is 28.9 Å². The van der Waals surface area contributed by atoms with E-state index in [0.717, 1.165) is 29.7 Å². The Balaban J connectivity index is 1.46. The third-order valence-corrected chi connectivity index (χ3v) is 7.78. The van der Waals surface area contributed by atoms with Gasteiger partial charge >= 0.3 is 0 Å². The molecule has 1 N–H and O–H groups in total. The summed E-state index contributed by atoms with van der Waals surface area (Å²) in [6, 6.07) is 3.30. The van der Waals surface area contributed by atoms with Gasteiger partial charge in [-0.15, -0.1) is 10.2 Å². The van der Waals surface area contributed by atoms with Crippen molar-refractivity contribution >= 4 is 45.6 Å². The molecule has 2 aliphatic carbocycles. The summed E-state index contributed by atoms with van der Waals surface area (Å²) in [6.45, 7) is 0. The van der Waals surface area contributed by atoms with Gasteiger partial charge in [-0.25, -0.2) is 9.37 Å². The molecule has 3 heterocycles. The first-order valence-corrected chi connectivity index (χ1v) is 12.5. The minimum atomic E-state index is -0.818. The van der Waals surface area contributed by atoms with Gasteiger partial charge in [0, 0.05) is 29.8 Å². The second kappa shape index (κ2) is 8.25. The average molecular weight is 524 g/mol. The highest BCUT2D eigenvalue weighted by atomic mass is 35.5. The molecule has 36 heavy (non-hydrogen) atoms. The standard InChI is InChI=1S/C25H19ClFN5O3S/c1-32-16-10-14(22(33)29-24-31-30-18(36-24)6-5-12-3-4-12)13(9-15(16)25(7-8-25)23(32)34)19-17(35-2)11-28-21(26)20(19)27/h9-12H,3-4,7-8H2,1-2H3,(H,29,31,33). The molecule has 0 bridgehead atoms. The van der Waals surface area contributed by atoms with Crippen LogP contribution in [0.15, 0.2) is 18.3 Å². The normalized spacial score (nSPS) is 17.0. The number of hydrogen-bond donors (Lipinski definition) is 1. The van der Waals surface area contributed by atoms with Gasteiger partial charge in [0.15, 0.2) is 16.0 Å². The van der Waals surface area contributed by atoms with Crippen molar-refractivity contribution in [1.29, 1.82) is 0 Å². The monoisotopic (exact) mass is 523 g/mol. The Labute approximate surface area is 214 Å². The van der Waals surface area contributed by atoms with Crippen molar-refractivity contribution < 1.29 is 18.7 Å². The molecule has 3 aliphatic rings. The van der Waals surface area contributed by atoms with Crippen molar-refractivity contribution in [3.05, 3.63) is 45.4 Å². The van der Waals surface area contributed by atoms with E-state index in [4.69, 9.17) is 16.3 Å². The van der Waals surface area contributed by atoms with E-state index in [-0.39, 0.29) is 38.6 Å². The Kier molecular flexibility index (Phi) is 5.24. The number of anilines is 2. The zero-order chi connectivity index (χ0) is 25.2. The SMILES string of the molecule is COc1cnc(Cl)c(F)c1-c1cc2c(cc1C(=O)Nc1nnc(C#CC3CC3)s1)N(C)C(=O)C21CC1. The molecule has 1 aromatic carbocycles. The molecule has 11 heteroatoms. The van der Waals surface area contributed by atoms with Crippen molar-refractivity contribution in [3.63, 3.8) is 0 Å². The lowest BCUT2D eigenvalue weighted by Crippen LogP contribution is -2.28. The average Bonchev–Trinajstić information content (AvgIpc) is 3.80. The predicted molar refractivity (Wildman–Crippen MR) is 133 cm³/mol. The van der Waals surface area contributed by atoms with Crippen LogP contribution in [0.5, 0.6) is 5.75 Å². The van der Waals surface area contributed by atoms with Crippen LogP contribution in [0.25, 0.3) is 11.1 Å². The highest BCUT2D eigenvalue weighted by Crippen LogP contribution is 2.58. The molecule has 0 saturated heterocycles. The van der Waals surface area contributed by atoms with E-state index in [1.807, 2.05) is 0 Å². The van der Waals surface area contributed by atoms with Crippen molar-refractivity contribution in [2.45, 2.75) is 31.1 Å². The summed E-state index contributed by atoms with van der Waals surface area (Å²) in [6.07, 6.45) is 4.87. The van der Waals surface area contributed by atoms with Crippen LogP contribution in [0, 0.1) is 23.6 Å². The van der Waals surface area contributed by atoms with Crippen LogP contribution in [-0.2, 0) is 10.2 Å². The number of carbonyl (C=O) groups is 2. The molecule has 0 radical (unpaired) electrons. The molecular formula is C25H19ClFN5O3S. The number of fused-ring (bicyclic) bond motifs is 2. The second-order valence-corrected chi connectivity index (χ2v) is 10.4. The zero-order valence-electron chi connectivity index (χ0n) is 19.3. The molecule has 182 valence electrons. The number of methoxy groups -OCH3 is 1. The number of benzene rings is 1. The lowest BCUT2D eigenvalue weighted by atomic mass is 9.90. The van der Waals surface area contributed by atoms with Crippen molar-refractivity contribution in [2.75, 3.05) is 24.4 Å². The van der Waals surface area contributed by atoms with Crippen molar-refractivity contribution in [2.24, 2.45) is 5.92 Å². The number of hydrogen-bond acceptors (Lipinski definition) is 7. The van der Waals surface area contributed by atoms with Crippen LogP contribution in [0.1, 0.15) is 46.6 Å². The van der Waals surface area contributed by atoms with Gasteiger partial charge in [-0.3, -0.25) is 14.9 Å². The van der Waals surface area contributed by atoms with Crippen molar-refractivity contribution in [1.82, 2.24) is 15.2 Å². The highest BCUT2D eigenvalue weighted by Gasteiger charge is 2.58. The maximum Gasteiger partial charge on any atom is 0.258 e. The van der Waals surface area contributed by atoms with Crippen molar-refractivity contribution in [3.8, 4) is 28.7 Å². The minimum Gasteiger partial charge on any atom is -0.494 e. The Morgan fingerprint density at radius 2 is 2.11 bits per heavy atom. The molecule has 2 amide bonds. The number of rotatable bonds is 4. The van der Waals surface area contributed by atoms with E-state index in [9.17, 15) is 9.59 Å². The van der Waals surface area contributed by atoms with E-state index >= 15 is 4.39 Å². The van der Waals surface area contributed by atoms with Crippen LogP contribution in [0.4, 0.5) is 15.2 Å². The fourth-order valence-corrected chi connectivity index (χ4v) is 5.27. The maximum atomic E-state index is 15.4. The highest BCUT2D eigenvalue weighted by molar-refractivity contribution is 7.15. The fourth-order valence-electron chi connectivity index (χ4n) is 4.53. The first-order chi connectivity index (χ1) is 17.3. The van der Waals surface area contributed by atoms with E-state index in [1.165, 1.54) is 13.3 Å². The first-order valence-electron chi connectivity index (χ1n) is 11.3. The van der Waals surface area contributed by atoms with Crippen LogP contribution >= 0.6 is 22.9 Å². The number of halogens is 2. The molecule has 0 unspecified atom stereocenters. The third-order valence-electron chi connectivity index (χ3n) is 6.76. The van der Waals surface area contributed by atoms with Gasteiger partial charge in [0.2, 0.25) is 11.0 Å². The topological polar surface area (TPSA) is 97.3 Å².